The third-order valence-corrected chi connectivity index (χ3v) is 1.94. The Morgan fingerprint density at radius 2 is 2.27 bits per heavy atom. The molecule has 0 aromatic heterocycles. The van der Waals surface area contributed by atoms with Crippen molar-refractivity contribution in [2.24, 2.45) is 0 Å². The molecule has 0 amide bonds. The summed E-state index contributed by atoms with van der Waals surface area (Å²) in [5.41, 5.74) is 0.0679. The molecule has 11 heavy (non-hydrogen) atoms. The topological polar surface area (TPSA) is 83.8 Å². The van der Waals surface area contributed by atoms with Gasteiger partial charge in [-0.15, -0.1) is 0 Å². The third-order valence-electron chi connectivity index (χ3n) is 1.18. The zero-order valence-electron chi connectivity index (χ0n) is 5.56. The number of hydrogen-bond donors (Lipinski definition) is 2. The SMILES string of the molecule is O=C1OCC=C1CP(=O)(O)O. The molecular weight excluding hydrogens is 171 g/mol. The maximum absolute atomic E-state index is 10.6. The Morgan fingerprint density at radius 1 is 1.64 bits per heavy atom. The first-order valence-corrected chi connectivity index (χ1v) is 4.69. The predicted molar refractivity (Wildman–Crippen MR) is 36.0 cm³/mol. The van der Waals surface area contributed by atoms with Crippen LogP contribution >= 0.6 is 7.60 Å². The van der Waals surface area contributed by atoms with Gasteiger partial charge >= 0.3 is 13.6 Å². The molecule has 0 saturated carbocycles. The zero-order valence-corrected chi connectivity index (χ0v) is 6.45. The average molecular weight is 178 g/mol. The number of hydrogen-bond acceptors (Lipinski definition) is 3. The molecule has 62 valence electrons. The van der Waals surface area contributed by atoms with Crippen LogP contribution in [0.25, 0.3) is 0 Å². The zero-order chi connectivity index (χ0) is 8.48. The highest BCUT2D eigenvalue weighted by Crippen LogP contribution is 2.37. The van der Waals surface area contributed by atoms with E-state index in [1.807, 2.05) is 0 Å². The molecule has 2 N–H and O–H groups in total. The summed E-state index contributed by atoms with van der Waals surface area (Å²) < 4.78 is 14.8. The summed E-state index contributed by atoms with van der Waals surface area (Å²) in [7, 11) is -4.12. The van der Waals surface area contributed by atoms with E-state index in [0.29, 0.717) is 0 Å². The molecule has 5 nitrogen and oxygen atoms in total. The molecule has 0 aromatic carbocycles. The molecule has 1 rings (SSSR count). The molecule has 0 aromatic rings. The quantitative estimate of drug-likeness (QED) is 0.446. The van der Waals surface area contributed by atoms with Gasteiger partial charge in [-0.3, -0.25) is 4.57 Å². The van der Waals surface area contributed by atoms with Gasteiger partial charge in [0.15, 0.2) is 0 Å². The lowest BCUT2D eigenvalue weighted by molar-refractivity contribution is -0.135. The van der Waals surface area contributed by atoms with Crippen LogP contribution in [0.1, 0.15) is 0 Å². The van der Waals surface area contributed by atoms with Crippen LogP contribution in [0, 0.1) is 0 Å². The Labute approximate surface area is 62.8 Å². The van der Waals surface area contributed by atoms with Gasteiger partial charge < -0.3 is 14.5 Å². The molecule has 0 atom stereocenters. The van der Waals surface area contributed by atoms with Crippen LogP contribution in [0.2, 0.25) is 0 Å². The van der Waals surface area contributed by atoms with E-state index in [2.05, 4.69) is 4.74 Å². The first kappa shape index (κ1) is 8.46. The molecule has 0 radical (unpaired) electrons. The monoisotopic (exact) mass is 178 g/mol. The number of rotatable bonds is 2. The van der Waals surface area contributed by atoms with Crippen molar-refractivity contribution in [2.45, 2.75) is 0 Å². The highest BCUT2D eigenvalue weighted by atomic mass is 31.2. The fourth-order valence-electron chi connectivity index (χ4n) is 0.745. The molecule has 0 spiro atoms. The first-order chi connectivity index (χ1) is 4.99. The summed E-state index contributed by atoms with van der Waals surface area (Å²) in [5, 5.41) is 0. The summed E-state index contributed by atoms with van der Waals surface area (Å²) in [6.07, 6.45) is 0.854. The Hall–Kier alpha value is -0.640. The van der Waals surface area contributed by atoms with Crippen LogP contribution in [0.3, 0.4) is 0 Å². The van der Waals surface area contributed by atoms with E-state index in [0.717, 1.165) is 0 Å². The predicted octanol–water partition coefficient (Wildman–Crippen LogP) is -0.353. The van der Waals surface area contributed by atoms with E-state index >= 15 is 0 Å². The summed E-state index contributed by atoms with van der Waals surface area (Å²) in [4.78, 5) is 27.5. The summed E-state index contributed by atoms with van der Waals surface area (Å²) in [6, 6.07) is 0. The minimum atomic E-state index is -4.12. The number of esters is 1. The first-order valence-electron chi connectivity index (χ1n) is 2.90. The van der Waals surface area contributed by atoms with E-state index < -0.39 is 19.7 Å². The Morgan fingerprint density at radius 3 is 2.64 bits per heavy atom. The lowest BCUT2D eigenvalue weighted by atomic mass is 10.3. The van der Waals surface area contributed by atoms with Gasteiger partial charge in [-0.2, -0.15) is 0 Å². The maximum atomic E-state index is 10.6. The van der Waals surface area contributed by atoms with Crippen molar-refractivity contribution in [3.63, 3.8) is 0 Å². The van der Waals surface area contributed by atoms with Crippen LogP contribution < -0.4 is 0 Å². The van der Waals surface area contributed by atoms with Crippen molar-refractivity contribution in [3.8, 4) is 0 Å². The van der Waals surface area contributed by atoms with Crippen molar-refractivity contribution in [2.75, 3.05) is 12.8 Å². The largest absolute Gasteiger partial charge is 0.458 e. The second kappa shape index (κ2) is 2.77. The van der Waals surface area contributed by atoms with Crippen LogP contribution in [0.5, 0.6) is 0 Å². The van der Waals surface area contributed by atoms with Crippen LogP contribution in [0.4, 0.5) is 0 Å². The van der Waals surface area contributed by atoms with Crippen molar-refractivity contribution in [1.29, 1.82) is 0 Å². The fraction of sp³-hybridized carbons (Fsp3) is 0.400. The standard InChI is InChI=1S/C5H7O5P/c6-5-4(1-2-10-5)3-11(7,8)9/h1H,2-3H2,(H2,7,8,9). The van der Waals surface area contributed by atoms with Crippen molar-refractivity contribution in [1.82, 2.24) is 0 Å². The van der Waals surface area contributed by atoms with Gasteiger partial charge in [0.05, 0.1) is 6.16 Å². The summed E-state index contributed by atoms with van der Waals surface area (Å²) >= 11 is 0. The van der Waals surface area contributed by atoms with Gasteiger partial charge in [0, 0.05) is 5.57 Å². The molecule has 0 unspecified atom stereocenters. The van der Waals surface area contributed by atoms with Gasteiger partial charge in [-0.25, -0.2) is 4.79 Å². The highest BCUT2D eigenvalue weighted by molar-refractivity contribution is 7.52. The lowest BCUT2D eigenvalue weighted by Crippen LogP contribution is -2.03. The van der Waals surface area contributed by atoms with Gasteiger partial charge in [-0.1, -0.05) is 0 Å². The van der Waals surface area contributed by atoms with Crippen LogP contribution in [-0.2, 0) is 14.1 Å². The van der Waals surface area contributed by atoms with E-state index in [4.69, 9.17) is 9.79 Å². The van der Waals surface area contributed by atoms with E-state index in [9.17, 15) is 9.36 Å². The molecule has 0 bridgehead atoms. The van der Waals surface area contributed by atoms with Gasteiger partial charge in [0.25, 0.3) is 0 Å². The smallest absolute Gasteiger partial charge is 0.334 e. The molecule has 1 aliphatic heterocycles. The van der Waals surface area contributed by atoms with Crippen LogP contribution in [-0.4, -0.2) is 28.5 Å². The van der Waals surface area contributed by atoms with Crippen molar-refractivity contribution < 1.29 is 23.9 Å². The number of carbonyl (C=O) groups is 1. The van der Waals surface area contributed by atoms with E-state index in [1.54, 1.807) is 0 Å². The van der Waals surface area contributed by atoms with E-state index in [1.165, 1.54) is 6.08 Å². The highest BCUT2D eigenvalue weighted by Gasteiger charge is 2.24. The average Bonchev–Trinajstić information content (AvgIpc) is 2.12. The van der Waals surface area contributed by atoms with Crippen LogP contribution in [0.15, 0.2) is 11.6 Å². The molecule has 0 fully saturated rings. The lowest BCUT2D eigenvalue weighted by Gasteiger charge is -2.01. The summed E-state index contributed by atoms with van der Waals surface area (Å²) in [5.74, 6) is -0.631. The van der Waals surface area contributed by atoms with Gasteiger partial charge in [0.1, 0.15) is 6.61 Å². The number of carbonyl (C=O) groups excluding carboxylic acids is 1. The Balaban J connectivity index is 2.64. The number of ether oxygens (including phenoxy) is 1. The van der Waals surface area contributed by atoms with Crippen molar-refractivity contribution >= 4 is 13.6 Å². The second-order valence-corrected chi connectivity index (χ2v) is 3.80. The second-order valence-electron chi connectivity index (χ2n) is 2.15. The summed E-state index contributed by atoms with van der Waals surface area (Å²) in [6.45, 7) is 0.119. The van der Waals surface area contributed by atoms with Gasteiger partial charge in [-0.05, 0) is 6.08 Å². The van der Waals surface area contributed by atoms with Crippen molar-refractivity contribution in [3.05, 3.63) is 11.6 Å². The molecule has 0 aliphatic carbocycles. The molecule has 1 heterocycles. The Bertz CT molecular complexity index is 250. The van der Waals surface area contributed by atoms with Gasteiger partial charge in [0.2, 0.25) is 0 Å². The molecular formula is C5H7O5P. The minimum Gasteiger partial charge on any atom is -0.458 e. The normalized spacial score (nSPS) is 18.0. The Kier molecular flexibility index (Phi) is 2.13. The molecule has 1 aliphatic rings. The van der Waals surface area contributed by atoms with E-state index in [-0.39, 0.29) is 12.2 Å². The molecule has 0 saturated heterocycles. The third kappa shape index (κ3) is 2.46. The minimum absolute atomic E-state index is 0.0679. The number of cyclic esters (lactones) is 1. The fourth-order valence-corrected chi connectivity index (χ4v) is 1.45. The maximum Gasteiger partial charge on any atom is 0.334 e. The molecule has 6 heteroatoms.